The summed E-state index contributed by atoms with van der Waals surface area (Å²) in [7, 11) is 0. The molecule has 1 nitrogen and oxygen atoms in total. The summed E-state index contributed by atoms with van der Waals surface area (Å²) in [6.07, 6.45) is 0.607. The fourth-order valence-corrected chi connectivity index (χ4v) is 1.22. The first-order valence-corrected chi connectivity index (χ1v) is 3.89. The summed E-state index contributed by atoms with van der Waals surface area (Å²) >= 11 is 5.88. The van der Waals surface area contributed by atoms with E-state index in [1.165, 1.54) is 0 Å². The molecule has 0 bridgehead atoms. The summed E-state index contributed by atoms with van der Waals surface area (Å²) in [6.45, 7) is 2.07. The van der Waals surface area contributed by atoms with Crippen molar-refractivity contribution in [2.75, 3.05) is 6.61 Å². The van der Waals surface area contributed by atoms with Crippen molar-refractivity contribution in [1.29, 1.82) is 0 Å². The molecule has 1 aromatic carbocycles. The molecule has 0 aliphatic carbocycles. The van der Waals surface area contributed by atoms with Crippen molar-refractivity contribution in [2.45, 2.75) is 13.3 Å². The maximum Gasteiger partial charge on any atom is 0.0471 e. The Labute approximate surface area is 71.6 Å². The Morgan fingerprint density at radius 2 is 2.36 bits per heavy atom. The van der Waals surface area contributed by atoms with Gasteiger partial charge >= 0.3 is 0 Å². The van der Waals surface area contributed by atoms with Crippen LogP contribution in [0, 0.1) is 13.0 Å². The van der Waals surface area contributed by atoms with E-state index >= 15 is 0 Å². The van der Waals surface area contributed by atoms with Gasteiger partial charge in [0.25, 0.3) is 0 Å². The molecule has 11 heavy (non-hydrogen) atoms. The second-order valence-corrected chi connectivity index (χ2v) is 2.87. The zero-order valence-electron chi connectivity index (χ0n) is 6.39. The third-order valence-electron chi connectivity index (χ3n) is 1.51. The van der Waals surface area contributed by atoms with Crippen LogP contribution in [0.2, 0.25) is 5.02 Å². The summed E-state index contributed by atoms with van der Waals surface area (Å²) in [4.78, 5) is 0. The SMILES string of the molecule is Cc1[c]cc(CCO)c(Cl)c1. The highest BCUT2D eigenvalue weighted by Gasteiger charge is 1.98. The number of hydrogen-bond acceptors (Lipinski definition) is 1. The predicted octanol–water partition coefficient (Wildman–Crippen LogP) is 1.98. The first-order chi connectivity index (χ1) is 5.24. The Morgan fingerprint density at radius 3 is 2.91 bits per heavy atom. The highest BCUT2D eigenvalue weighted by Crippen LogP contribution is 2.17. The van der Waals surface area contributed by atoms with Crippen LogP contribution < -0.4 is 0 Å². The lowest BCUT2D eigenvalue weighted by atomic mass is 10.1. The van der Waals surface area contributed by atoms with Gasteiger partial charge in [-0.25, -0.2) is 0 Å². The van der Waals surface area contributed by atoms with Crippen LogP contribution in [-0.4, -0.2) is 11.7 Å². The number of benzene rings is 1. The Balaban J connectivity index is 2.90. The van der Waals surface area contributed by atoms with Crippen LogP contribution in [-0.2, 0) is 6.42 Å². The average Bonchev–Trinajstić information content (AvgIpc) is 1.95. The van der Waals surface area contributed by atoms with Crippen LogP contribution in [0.15, 0.2) is 12.1 Å². The van der Waals surface area contributed by atoms with Gasteiger partial charge in [-0.15, -0.1) is 0 Å². The van der Waals surface area contributed by atoms with Gasteiger partial charge in [0.05, 0.1) is 0 Å². The van der Waals surface area contributed by atoms with Gasteiger partial charge in [-0.1, -0.05) is 11.6 Å². The van der Waals surface area contributed by atoms with Crippen LogP contribution in [0.1, 0.15) is 11.1 Å². The van der Waals surface area contributed by atoms with Gasteiger partial charge in [-0.05, 0) is 42.7 Å². The summed E-state index contributed by atoms with van der Waals surface area (Å²) in [5.74, 6) is 0. The number of halogens is 1. The Kier molecular flexibility index (Phi) is 2.92. The van der Waals surface area contributed by atoms with E-state index in [9.17, 15) is 0 Å². The van der Waals surface area contributed by atoms with Gasteiger partial charge < -0.3 is 5.11 Å². The van der Waals surface area contributed by atoms with Crippen molar-refractivity contribution in [3.8, 4) is 0 Å². The highest BCUT2D eigenvalue weighted by atomic mass is 35.5. The van der Waals surface area contributed by atoms with Crippen LogP contribution in [0.5, 0.6) is 0 Å². The summed E-state index contributed by atoms with van der Waals surface area (Å²) in [5, 5.41) is 9.36. The number of hydrogen-bond donors (Lipinski definition) is 1. The largest absolute Gasteiger partial charge is 0.396 e. The molecule has 2 heteroatoms. The highest BCUT2D eigenvalue weighted by molar-refractivity contribution is 6.31. The third kappa shape index (κ3) is 2.21. The molecule has 1 aromatic rings. The molecular weight excluding hydrogens is 160 g/mol. The maximum absolute atomic E-state index is 8.64. The van der Waals surface area contributed by atoms with E-state index in [1.54, 1.807) is 0 Å². The van der Waals surface area contributed by atoms with E-state index in [1.807, 2.05) is 19.1 Å². The molecule has 0 fully saturated rings. The van der Waals surface area contributed by atoms with Gasteiger partial charge in [-0.3, -0.25) is 0 Å². The zero-order chi connectivity index (χ0) is 8.27. The van der Waals surface area contributed by atoms with Crippen molar-refractivity contribution in [3.63, 3.8) is 0 Å². The lowest BCUT2D eigenvalue weighted by molar-refractivity contribution is 0.299. The van der Waals surface area contributed by atoms with Crippen molar-refractivity contribution < 1.29 is 5.11 Å². The molecule has 1 N–H and O–H groups in total. The fourth-order valence-electron chi connectivity index (χ4n) is 0.906. The number of aliphatic hydroxyl groups excluding tert-OH is 1. The molecule has 1 radical (unpaired) electrons. The topological polar surface area (TPSA) is 20.2 Å². The predicted molar refractivity (Wildman–Crippen MR) is 45.8 cm³/mol. The molecule has 0 saturated heterocycles. The van der Waals surface area contributed by atoms with Crippen LogP contribution in [0.4, 0.5) is 0 Å². The minimum atomic E-state index is 0.136. The summed E-state index contributed by atoms with van der Waals surface area (Å²) in [6, 6.07) is 6.71. The molecule has 0 aliphatic heterocycles. The van der Waals surface area contributed by atoms with Crippen LogP contribution in [0.3, 0.4) is 0 Å². The molecule has 0 aromatic heterocycles. The van der Waals surface area contributed by atoms with E-state index in [0.717, 1.165) is 16.1 Å². The summed E-state index contributed by atoms with van der Waals surface area (Å²) in [5.41, 5.74) is 1.98. The first-order valence-electron chi connectivity index (χ1n) is 3.51. The molecule has 1 rings (SSSR count). The summed E-state index contributed by atoms with van der Waals surface area (Å²) < 4.78 is 0. The second-order valence-electron chi connectivity index (χ2n) is 2.46. The molecule has 59 valence electrons. The van der Waals surface area contributed by atoms with E-state index in [2.05, 4.69) is 6.07 Å². The average molecular weight is 170 g/mol. The van der Waals surface area contributed by atoms with E-state index in [-0.39, 0.29) is 6.61 Å². The smallest absolute Gasteiger partial charge is 0.0471 e. The molecule has 0 saturated carbocycles. The van der Waals surface area contributed by atoms with Crippen molar-refractivity contribution in [2.24, 2.45) is 0 Å². The van der Waals surface area contributed by atoms with Crippen molar-refractivity contribution >= 4 is 11.6 Å². The lowest BCUT2D eigenvalue weighted by Crippen LogP contribution is -1.91. The maximum atomic E-state index is 8.64. The van der Waals surface area contributed by atoms with Gasteiger partial charge in [-0.2, -0.15) is 0 Å². The van der Waals surface area contributed by atoms with E-state index < -0.39 is 0 Å². The second kappa shape index (κ2) is 3.74. The molecule has 0 atom stereocenters. The van der Waals surface area contributed by atoms with Crippen LogP contribution in [0.25, 0.3) is 0 Å². The molecule has 0 unspecified atom stereocenters. The third-order valence-corrected chi connectivity index (χ3v) is 1.86. The van der Waals surface area contributed by atoms with E-state index in [4.69, 9.17) is 16.7 Å². The molecular formula is C9H10ClO. The van der Waals surface area contributed by atoms with Gasteiger partial charge in [0.15, 0.2) is 0 Å². The standard InChI is InChI=1S/C9H10ClO/c1-7-2-3-8(4-5-11)9(10)6-7/h3,6,11H,4-5H2,1H3. The molecule has 0 heterocycles. The molecule has 0 amide bonds. The number of aliphatic hydroxyl groups is 1. The minimum Gasteiger partial charge on any atom is -0.396 e. The Morgan fingerprint density at radius 1 is 1.64 bits per heavy atom. The number of aryl methyl sites for hydroxylation is 1. The monoisotopic (exact) mass is 169 g/mol. The minimum absolute atomic E-state index is 0.136. The Bertz CT molecular complexity index is 245. The normalized spacial score (nSPS) is 10.1. The van der Waals surface area contributed by atoms with E-state index in [0.29, 0.717) is 6.42 Å². The fraction of sp³-hybridized carbons (Fsp3) is 0.333. The van der Waals surface area contributed by atoms with Crippen molar-refractivity contribution in [1.82, 2.24) is 0 Å². The van der Waals surface area contributed by atoms with Gasteiger partial charge in [0, 0.05) is 11.6 Å². The Hall–Kier alpha value is -0.530. The lowest BCUT2D eigenvalue weighted by Gasteiger charge is -2.01. The number of rotatable bonds is 2. The zero-order valence-corrected chi connectivity index (χ0v) is 7.15. The molecule has 0 aliphatic rings. The van der Waals surface area contributed by atoms with Gasteiger partial charge in [0.2, 0.25) is 0 Å². The molecule has 0 spiro atoms. The first kappa shape index (κ1) is 8.57. The van der Waals surface area contributed by atoms with Crippen LogP contribution >= 0.6 is 11.6 Å². The van der Waals surface area contributed by atoms with Gasteiger partial charge in [0.1, 0.15) is 0 Å². The van der Waals surface area contributed by atoms with Crippen molar-refractivity contribution in [3.05, 3.63) is 34.3 Å². The quantitative estimate of drug-likeness (QED) is 0.718.